The summed E-state index contributed by atoms with van der Waals surface area (Å²) in [5.41, 5.74) is -0.416. The maximum atomic E-state index is 14.7. The Balaban J connectivity index is 1.54. The van der Waals surface area contributed by atoms with E-state index in [1.54, 1.807) is 19.3 Å². The second-order valence-electron chi connectivity index (χ2n) is 7.67. The highest BCUT2D eigenvalue weighted by Crippen LogP contribution is 2.37. The molecule has 0 saturated carbocycles. The van der Waals surface area contributed by atoms with Crippen molar-refractivity contribution in [3.8, 4) is 11.3 Å². The predicted octanol–water partition coefficient (Wildman–Crippen LogP) is 4.32. The van der Waals surface area contributed by atoms with Gasteiger partial charge in [0.15, 0.2) is 0 Å². The minimum Gasteiger partial charge on any atom is -0.456 e. The maximum Gasteiger partial charge on any atom is 0.138 e. The molecule has 0 saturated heterocycles. The zero-order valence-electron chi connectivity index (χ0n) is 17.1. The van der Waals surface area contributed by atoms with Crippen LogP contribution in [0.1, 0.15) is 18.5 Å². The number of nitrogens with zero attached hydrogens (tertiary/aromatic N) is 5. The van der Waals surface area contributed by atoms with Gasteiger partial charge in [0.2, 0.25) is 0 Å². The summed E-state index contributed by atoms with van der Waals surface area (Å²) in [5.74, 6) is -0.963. The van der Waals surface area contributed by atoms with Gasteiger partial charge < -0.3 is 9.52 Å². The maximum absolute atomic E-state index is 14.7. The number of halogens is 2. The second-order valence-corrected chi connectivity index (χ2v) is 7.67. The van der Waals surface area contributed by atoms with Gasteiger partial charge in [-0.2, -0.15) is 10.2 Å². The van der Waals surface area contributed by atoms with Crippen LogP contribution in [0.4, 0.5) is 8.78 Å². The largest absolute Gasteiger partial charge is 0.456 e. The molecular formula is C23H19F2N5O2. The van der Waals surface area contributed by atoms with E-state index in [1.807, 2.05) is 30.3 Å². The van der Waals surface area contributed by atoms with Gasteiger partial charge >= 0.3 is 0 Å². The van der Waals surface area contributed by atoms with Gasteiger partial charge in [0.1, 0.15) is 41.2 Å². The molecule has 0 aliphatic carbocycles. The minimum atomic E-state index is -1.80. The third-order valence-corrected chi connectivity index (χ3v) is 5.67. The molecule has 0 aliphatic rings. The van der Waals surface area contributed by atoms with E-state index in [4.69, 9.17) is 4.42 Å². The van der Waals surface area contributed by atoms with Gasteiger partial charge in [0.25, 0.3) is 0 Å². The molecule has 0 bridgehead atoms. The van der Waals surface area contributed by atoms with Crippen LogP contribution >= 0.6 is 0 Å². The highest BCUT2D eigenvalue weighted by molar-refractivity contribution is 5.82. The van der Waals surface area contributed by atoms with E-state index in [1.165, 1.54) is 28.1 Å². The summed E-state index contributed by atoms with van der Waals surface area (Å²) in [6, 6.07) is 11.9. The standard InChI is InChI=1S/C23H19F2N5O2/c1-15(30-11-17(10-27-30)22-8-16-4-2-3-5-21(16)32-22)23(31,12-29-14-26-13-28-29)19-7-6-18(24)9-20(19)25/h2-11,13-15,31H,12H2,1H3/t15-,23-/m1/s1. The van der Waals surface area contributed by atoms with Gasteiger partial charge in [-0.25, -0.2) is 18.4 Å². The average Bonchev–Trinajstić information content (AvgIpc) is 3.52. The summed E-state index contributed by atoms with van der Waals surface area (Å²) in [6.07, 6.45) is 6.07. The summed E-state index contributed by atoms with van der Waals surface area (Å²) in [4.78, 5) is 3.89. The number of hydrogen-bond acceptors (Lipinski definition) is 5. The second kappa shape index (κ2) is 7.69. The van der Waals surface area contributed by atoms with Gasteiger partial charge in [-0.1, -0.05) is 24.3 Å². The molecule has 0 fully saturated rings. The molecule has 5 aromatic rings. The molecule has 1 N–H and O–H groups in total. The molecule has 7 nitrogen and oxygen atoms in total. The molecule has 0 unspecified atom stereocenters. The lowest BCUT2D eigenvalue weighted by atomic mass is 9.86. The molecule has 3 aromatic heterocycles. The van der Waals surface area contributed by atoms with E-state index in [9.17, 15) is 13.9 Å². The smallest absolute Gasteiger partial charge is 0.138 e. The molecule has 9 heteroatoms. The number of aromatic nitrogens is 5. The van der Waals surface area contributed by atoms with E-state index in [0.717, 1.165) is 23.1 Å². The number of hydrogen-bond donors (Lipinski definition) is 1. The molecule has 3 heterocycles. The van der Waals surface area contributed by atoms with Crippen molar-refractivity contribution >= 4 is 11.0 Å². The highest BCUT2D eigenvalue weighted by Gasteiger charge is 2.40. The van der Waals surface area contributed by atoms with Crippen LogP contribution in [-0.4, -0.2) is 29.7 Å². The first-order chi connectivity index (χ1) is 15.4. The third kappa shape index (κ3) is 3.46. The van der Waals surface area contributed by atoms with Crippen LogP contribution in [0.3, 0.4) is 0 Å². The zero-order valence-corrected chi connectivity index (χ0v) is 17.1. The first kappa shape index (κ1) is 20.1. The van der Waals surface area contributed by atoms with Crippen LogP contribution in [0.2, 0.25) is 0 Å². The van der Waals surface area contributed by atoms with Crippen molar-refractivity contribution in [1.29, 1.82) is 0 Å². The van der Waals surface area contributed by atoms with Crippen molar-refractivity contribution < 1.29 is 18.3 Å². The van der Waals surface area contributed by atoms with Crippen LogP contribution in [0.25, 0.3) is 22.3 Å². The van der Waals surface area contributed by atoms with Crippen LogP contribution in [0.5, 0.6) is 0 Å². The zero-order chi connectivity index (χ0) is 22.3. The molecule has 0 radical (unpaired) electrons. The van der Waals surface area contributed by atoms with Gasteiger partial charge in [0, 0.05) is 23.2 Å². The van der Waals surface area contributed by atoms with Gasteiger partial charge in [0.05, 0.1) is 24.3 Å². The van der Waals surface area contributed by atoms with Crippen LogP contribution in [0.15, 0.2) is 78.0 Å². The van der Waals surface area contributed by atoms with Crippen LogP contribution < -0.4 is 0 Å². The Morgan fingerprint density at radius 3 is 2.72 bits per heavy atom. The van der Waals surface area contributed by atoms with Crippen LogP contribution in [0, 0.1) is 11.6 Å². The SMILES string of the molecule is C[C@@H](n1cc(-c2cc3ccccc3o2)cn1)[C@](O)(Cn1cncn1)c1ccc(F)cc1F. The van der Waals surface area contributed by atoms with E-state index in [-0.39, 0.29) is 12.1 Å². The molecule has 2 aromatic carbocycles. The van der Waals surface area contributed by atoms with Crippen molar-refractivity contribution in [3.63, 3.8) is 0 Å². The lowest BCUT2D eigenvalue weighted by molar-refractivity contribution is -0.0368. The number of para-hydroxylation sites is 1. The number of benzene rings is 2. The minimum absolute atomic E-state index is 0.0670. The number of furan rings is 1. The summed E-state index contributed by atoms with van der Waals surface area (Å²) in [7, 11) is 0. The van der Waals surface area contributed by atoms with E-state index in [0.29, 0.717) is 11.3 Å². The van der Waals surface area contributed by atoms with Crippen molar-refractivity contribution in [2.45, 2.75) is 25.1 Å². The lowest BCUT2D eigenvalue weighted by Gasteiger charge is -2.34. The molecule has 32 heavy (non-hydrogen) atoms. The van der Waals surface area contributed by atoms with Crippen molar-refractivity contribution in [1.82, 2.24) is 24.5 Å². The van der Waals surface area contributed by atoms with E-state index >= 15 is 0 Å². The Kier molecular flexibility index (Phi) is 4.82. The predicted molar refractivity (Wildman–Crippen MR) is 112 cm³/mol. The number of aliphatic hydroxyl groups is 1. The van der Waals surface area contributed by atoms with Crippen molar-refractivity contribution in [2.24, 2.45) is 0 Å². The molecule has 0 aliphatic heterocycles. The van der Waals surface area contributed by atoms with Crippen molar-refractivity contribution in [2.75, 3.05) is 0 Å². The first-order valence-corrected chi connectivity index (χ1v) is 9.97. The Hall–Kier alpha value is -3.85. The Morgan fingerprint density at radius 1 is 1.12 bits per heavy atom. The normalized spacial score (nSPS) is 14.5. The summed E-state index contributed by atoms with van der Waals surface area (Å²) in [5, 5.41) is 21.1. The van der Waals surface area contributed by atoms with E-state index < -0.39 is 23.3 Å². The monoisotopic (exact) mass is 435 g/mol. The summed E-state index contributed by atoms with van der Waals surface area (Å²) >= 11 is 0. The van der Waals surface area contributed by atoms with Gasteiger partial charge in [-0.15, -0.1) is 0 Å². The first-order valence-electron chi connectivity index (χ1n) is 9.97. The Labute approximate surface area is 181 Å². The van der Waals surface area contributed by atoms with Gasteiger partial charge in [-0.05, 0) is 25.1 Å². The fourth-order valence-corrected chi connectivity index (χ4v) is 3.86. The fourth-order valence-electron chi connectivity index (χ4n) is 3.86. The molecule has 5 rings (SSSR count). The topological polar surface area (TPSA) is 81.9 Å². The highest BCUT2D eigenvalue weighted by atomic mass is 19.1. The molecule has 2 atom stereocenters. The Bertz CT molecular complexity index is 1350. The molecule has 162 valence electrons. The number of fused-ring (bicyclic) bond motifs is 1. The summed E-state index contributed by atoms with van der Waals surface area (Å²) in [6.45, 7) is 1.59. The third-order valence-electron chi connectivity index (χ3n) is 5.67. The molecule has 0 amide bonds. The van der Waals surface area contributed by atoms with Crippen LogP contribution in [-0.2, 0) is 12.1 Å². The van der Waals surface area contributed by atoms with Crippen molar-refractivity contribution in [3.05, 3.63) is 90.8 Å². The average molecular weight is 435 g/mol. The molecule has 0 spiro atoms. The quantitative estimate of drug-likeness (QED) is 0.430. The van der Waals surface area contributed by atoms with E-state index in [2.05, 4.69) is 15.2 Å². The Morgan fingerprint density at radius 2 is 1.97 bits per heavy atom. The molecular weight excluding hydrogens is 416 g/mol. The van der Waals surface area contributed by atoms with Gasteiger partial charge in [-0.3, -0.25) is 4.68 Å². The summed E-state index contributed by atoms with van der Waals surface area (Å²) < 4.78 is 37.1. The number of rotatable bonds is 6. The fraction of sp³-hybridized carbons (Fsp3) is 0.174. The lowest BCUT2D eigenvalue weighted by Crippen LogP contribution is -2.40.